The largest absolute Gasteiger partial charge is 0.459 e. The summed E-state index contributed by atoms with van der Waals surface area (Å²) in [6.45, 7) is 1.67. The highest BCUT2D eigenvalue weighted by Crippen LogP contribution is 2.34. The van der Waals surface area contributed by atoms with Gasteiger partial charge in [-0.2, -0.15) is 8.78 Å². The fraction of sp³-hybridized carbons (Fsp3) is 0.250. The molecule has 0 unspecified atom stereocenters. The van der Waals surface area contributed by atoms with Crippen LogP contribution >= 0.6 is 0 Å². The molecular formula is C12H10F2N2O3. The molecule has 0 aliphatic rings. The van der Waals surface area contributed by atoms with Crippen LogP contribution in [0.2, 0.25) is 0 Å². The minimum atomic E-state index is -3.46. The number of rotatable bonds is 4. The van der Waals surface area contributed by atoms with E-state index < -0.39 is 23.7 Å². The molecule has 1 aromatic heterocycles. The van der Waals surface area contributed by atoms with Crippen molar-refractivity contribution in [3.8, 4) is 0 Å². The van der Waals surface area contributed by atoms with Crippen LogP contribution in [0.5, 0.6) is 0 Å². The predicted molar refractivity (Wildman–Crippen MR) is 59.7 cm³/mol. The van der Waals surface area contributed by atoms with E-state index in [1.54, 1.807) is 13.0 Å². The van der Waals surface area contributed by atoms with E-state index in [2.05, 4.69) is 19.4 Å². The van der Waals surface area contributed by atoms with Crippen LogP contribution in [0.15, 0.2) is 34.7 Å². The van der Waals surface area contributed by atoms with Gasteiger partial charge in [0.1, 0.15) is 0 Å². The summed E-state index contributed by atoms with van der Waals surface area (Å²) in [6.07, 6.45) is 0. The maximum Gasteiger partial charge on any atom is 0.396 e. The third-order valence-electron chi connectivity index (χ3n) is 2.28. The van der Waals surface area contributed by atoms with Crippen molar-refractivity contribution < 1.29 is 22.7 Å². The molecule has 0 saturated heterocycles. The molecule has 2 aromatic rings. The van der Waals surface area contributed by atoms with Crippen molar-refractivity contribution in [2.24, 2.45) is 0 Å². The second-order valence-electron chi connectivity index (χ2n) is 3.57. The lowest BCUT2D eigenvalue weighted by molar-refractivity contribution is 0.0106. The maximum atomic E-state index is 14.0. The summed E-state index contributed by atoms with van der Waals surface area (Å²) in [5.74, 6) is -5.92. The molecule has 0 fully saturated rings. The first kappa shape index (κ1) is 13.1. The summed E-state index contributed by atoms with van der Waals surface area (Å²) in [7, 11) is 0. The van der Waals surface area contributed by atoms with Gasteiger partial charge in [-0.1, -0.05) is 30.3 Å². The molecule has 19 heavy (non-hydrogen) atoms. The molecule has 0 aliphatic heterocycles. The van der Waals surface area contributed by atoms with E-state index in [4.69, 9.17) is 0 Å². The molecule has 0 atom stereocenters. The number of alkyl halides is 2. The fourth-order valence-corrected chi connectivity index (χ4v) is 1.40. The summed E-state index contributed by atoms with van der Waals surface area (Å²) in [4.78, 5) is 11.3. The van der Waals surface area contributed by atoms with Crippen LogP contribution in [0, 0.1) is 0 Å². The van der Waals surface area contributed by atoms with Gasteiger partial charge in [-0.05, 0) is 6.92 Å². The van der Waals surface area contributed by atoms with E-state index in [-0.39, 0.29) is 12.2 Å². The zero-order valence-electron chi connectivity index (χ0n) is 9.97. The molecule has 0 spiro atoms. The molecule has 0 N–H and O–H groups in total. The van der Waals surface area contributed by atoms with E-state index in [0.717, 1.165) is 0 Å². The van der Waals surface area contributed by atoms with Gasteiger partial charge in [0.2, 0.25) is 0 Å². The number of aromatic nitrogens is 2. The molecule has 0 bridgehead atoms. The minimum Gasteiger partial charge on any atom is -0.459 e. The number of hydrogen-bond acceptors (Lipinski definition) is 5. The molecule has 0 saturated carbocycles. The lowest BCUT2D eigenvalue weighted by Crippen LogP contribution is -2.15. The van der Waals surface area contributed by atoms with Crippen molar-refractivity contribution in [2.45, 2.75) is 12.8 Å². The highest BCUT2D eigenvalue weighted by Gasteiger charge is 2.40. The molecule has 0 radical (unpaired) electrons. The van der Waals surface area contributed by atoms with Gasteiger partial charge in [-0.25, -0.2) is 4.79 Å². The third kappa shape index (κ3) is 2.59. The van der Waals surface area contributed by atoms with Gasteiger partial charge < -0.3 is 9.15 Å². The Morgan fingerprint density at radius 1 is 1.32 bits per heavy atom. The predicted octanol–water partition coefficient (Wildman–Crippen LogP) is 2.39. The monoisotopic (exact) mass is 268 g/mol. The lowest BCUT2D eigenvalue weighted by atomic mass is 10.1. The van der Waals surface area contributed by atoms with E-state index in [1.165, 1.54) is 24.3 Å². The SMILES string of the molecule is CCOC(=O)c1nnc(C(F)(F)c2ccccc2)o1. The summed E-state index contributed by atoms with van der Waals surface area (Å²) in [6, 6.07) is 7.00. The number of carbonyl (C=O) groups is 1. The van der Waals surface area contributed by atoms with Crippen LogP contribution in [0.4, 0.5) is 8.78 Å². The molecule has 2 rings (SSSR count). The Labute approximate surface area is 107 Å². The molecule has 0 aliphatic carbocycles. The Balaban J connectivity index is 2.29. The van der Waals surface area contributed by atoms with Gasteiger partial charge >= 0.3 is 17.8 Å². The number of esters is 1. The van der Waals surface area contributed by atoms with E-state index in [1.807, 2.05) is 0 Å². The average Bonchev–Trinajstić information content (AvgIpc) is 2.90. The summed E-state index contributed by atoms with van der Waals surface area (Å²) >= 11 is 0. The molecule has 5 nitrogen and oxygen atoms in total. The van der Waals surface area contributed by atoms with Gasteiger partial charge in [-0.15, -0.1) is 10.2 Å². The maximum absolute atomic E-state index is 14.0. The second kappa shape index (κ2) is 5.13. The van der Waals surface area contributed by atoms with Crippen LogP contribution in [-0.2, 0) is 10.7 Å². The molecule has 1 heterocycles. The van der Waals surface area contributed by atoms with Crippen molar-refractivity contribution in [1.82, 2.24) is 10.2 Å². The summed E-state index contributed by atoms with van der Waals surface area (Å²) in [5.41, 5.74) is -0.297. The minimum absolute atomic E-state index is 0.0889. The number of benzene rings is 1. The zero-order chi connectivity index (χ0) is 13.9. The van der Waals surface area contributed by atoms with Crippen LogP contribution in [0.1, 0.15) is 29.1 Å². The van der Waals surface area contributed by atoms with Crippen LogP contribution in [-0.4, -0.2) is 22.8 Å². The first-order valence-electron chi connectivity index (χ1n) is 5.50. The van der Waals surface area contributed by atoms with Crippen molar-refractivity contribution in [3.05, 3.63) is 47.7 Å². The Hall–Kier alpha value is -2.31. The standard InChI is InChI=1S/C12H10F2N2O3/c1-2-18-10(17)9-15-16-11(19-9)12(13,14)8-6-4-3-5-7-8/h3-7H,2H2,1H3. The number of halogens is 2. The number of carbonyl (C=O) groups excluding carboxylic acids is 1. The van der Waals surface area contributed by atoms with Crippen LogP contribution < -0.4 is 0 Å². The average molecular weight is 268 g/mol. The molecule has 1 aromatic carbocycles. The van der Waals surface area contributed by atoms with E-state index in [9.17, 15) is 13.6 Å². The van der Waals surface area contributed by atoms with Gasteiger partial charge in [-0.3, -0.25) is 0 Å². The zero-order valence-corrected chi connectivity index (χ0v) is 9.97. The van der Waals surface area contributed by atoms with Crippen LogP contribution in [0.25, 0.3) is 0 Å². The van der Waals surface area contributed by atoms with Gasteiger partial charge in [0.15, 0.2) is 0 Å². The van der Waals surface area contributed by atoms with Crippen molar-refractivity contribution >= 4 is 5.97 Å². The van der Waals surface area contributed by atoms with Gasteiger partial charge in [0, 0.05) is 5.56 Å². The number of hydrogen-bond donors (Lipinski definition) is 0. The fourth-order valence-electron chi connectivity index (χ4n) is 1.40. The second-order valence-corrected chi connectivity index (χ2v) is 3.57. The van der Waals surface area contributed by atoms with E-state index >= 15 is 0 Å². The first-order valence-corrected chi connectivity index (χ1v) is 5.50. The quantitative estimate of drug-likeness (QED) is 0.796. The van der Waals surface area contributed by atoms with Gasteiger partial charge in [0.25, 0.3) is 5.89 Å². The molecule has 100 valence electrons. The number of nitrogens with zero attached hydrogens (tertiary/aromatic N) is 2. The molecule has 0 amide bonds. The normalized spacial score (nSPS) is 11.3. The Bertz CT molecular complexity index is 569. The molecule has 7 heteroatoms. The van der Waals surface area contributed by atoms with Crippen molar-refractivity contribution in [1.29, 1.82) is 0 Å². The lowest BCUT2D eigenvalue weighted by Gasteiger charge is -2.11. The first-order chi connectivity index (χ1) is 9.05. The summed E-state index contributed by atoms with van der Waals surface area (Å²) < 4.78 is 37.3. The van der Waals surface area contributed by atoms with Crippen molar-refractivity contribution in [3.63, 3.8) is 0 Å². The Kier molecular flexibility index (Phi) is 3.55. The highest BCUT2D eigenvalue weighted by molar-refractivity contribution is 5.83. The molecular weight excluding hydrogens is 258 g/mol. The van der Waals surface area contributed by atoms with Crippen LogP contribution in [0.3, 0.4) is 0 Å². The third-order valence-corrected chi connectivity index (χ3v) is 2.28. The Morgan fingerprint density at radius 3 is 2.63 bits per heavy atom. The topological polar surface area (TPSA) is 65.2 Å². The Morgan fingerprint density at radius 2 is 2.00 bits per heavy atom. The van der Waals surface area contributed by atoms with Gasteiger partial charge in [0.05, 0.1) is 6.61 Å². The summed E-state index contributed by atoms with van der Waals surface area (Å²) in [5, 5.41) is 6.46. The highest BCUT2D eigenvalue weighted by atomic mass is 19.3. The van der Waals surface area contributed by atoms with Crippen molar-refractivity contribution in [2.75, 3.05) is 6.61 Å². The van der Waals surface area contributed by atoms with E-state index in [0.29, 0.717) is 0 Å². The number of ether oxygens (including phenoxy) is 1. The smallest absolute Gasteiger partial charge is 0.396 e.